The quantitative estimate of drug-likeness (QED) is 0.195. The molecule has 46 heavy (non-hydrogen) atoms. The smallest absolute Gasteiger partial charge is 0.0547 e. The van der Waals surface area contributed by atoms with Gasteiger partial charge in [0.2, 0.25) is 0 Å². The molecule has 10 rings (SSSR count). The van der Waals surface area contributed by atoms with Crippen molar-refractivity contribution in [2.45, 2.75) is 9.79 Å². The predicted molar refractivity (Wildman–Crippen MR) is 196 cm³/mol. The van der Waals surface area contributed by atoms with Gasteiger partial charge in [0.15, 0.2) is 0 Å². The minimum atomic E-state index is 1.18. The maximum Gasteiger partial charge on any atom is 0.0547 e. The molecule has 2 heterocycles. The molecule has 214 valence electrons. The van der Waals surface area contributed by atoms with Crippen molar-refractivity contribution in [1.82, 2.24) is 4.57 Å². The highest BCUT2D eigenvalue weighted by Crippen LogP contribution is 2.49. The summed E-state index contributed by atoms with van der Waals surface area (Å²) in [5.41, 5.74) is 11.2. The van der Waals surface area contributed by atoms with Crippen LogP contribution in [0.25, 0.3) is 82.4 Å². The summed E-state index contributed by atoms with van der Waals surface area (Å²) in [6.07, 6.45) is 0. The van der Waals surface area contributed by atoms with Gasteiger partial charge in [-0.2, -0.15) is 0 Å². The van der Waals surface area contributed by atoms with Gasteiger partial charge >= 0.3 is 0 Å². The summed E-state index contributed by atoms with van der Waals surface area (Å²) >= 11 is 1.88. The van der Waals surface area contributed by atoms with E-state index in [0.717, 1.165) is 0 Å². The molecule has 1 aromatic heterocycles. The number of benzene rings is 8. The number of para-hydroxylation sites is 1. The van der Waals surface area contributed by atoms with Crippen LogP contribution in [0.4, 0.5) is 0 Å². The first-order valence-electron chi connectivity index (χ1n) is 15.8. The summed E-state index contributed by atoms with van der Waals surface area (Å²) in [7, 11) is 0. The Kier molecular flexibility index (Phi) is 5.58. The molecule has 9 aromatic rings. The van der Waals surface area contributed by atoms with Crippen molar-refractivity contribution in [2.24, 2.45) is 0 Å². The average molecular weight is 602 g/mol. The molecular formula is C44H27NS. The van der Waals surface area contributed by atoms with Crippen LogP contribution < -0.4 is 0 Å². The van der Waals surface area contributed by atoms with Gasteiger partial charge in [0.25, 0.3) is 0 Å². The van der Waals surface area contributed by atoms with E-state index in [9.17, 15) is 0 Å². The molecular weight excluding hydrogens is 575 g/mol. The lowest BCUT2D eigenvalue weighted by atomic mass is 9.94. The van der Waals surface area contributed by atoms with Crippen molar-refractivity contribution in [1.29, 1.82) is 0 Å². The third-order valence-corrected chi connectivity index (χ3v) is 10.7. The standard InChI is InChI=1S/C44H27NS/c1-2-11-34(12-3-1)45-39-24-21-30-8-4-5-13-35(30)44(39)37-23-20-33(27-40(37)45)29-18-16-28(17-19-29)32-22-25-41-38(26-32)36-14-6-9-31-10-7-15-42(46-41)43(31)36/h1-27H. The van der Waals surface area contributed by atoms with Crippen LogP contribution in [0.2, 0.25) is 0 Å². The zero-order valence-electron chi connectivity index (χ0n) is 24.9. The van der Waals surface area contributed by atoms with Crippen molar-refractivity contribution in [3.63, 3.8) is 0 Å². The van der Waals surface area contributed by atoms with Gasteiger partial charge in [-0.05, 0) is 92.0 Å². The van der Waals surface area contributed by atoms with E-state index >= 15 is 0 Å². The molecule has 0 radical (unpaired) electrons. The molecule has 0 bridgehead atoms. The predicted octanol–water partition coefficient (Wildman–Crippen LogP) is 12.6. The highest BCUT2D eigenvalue weighted by Gasteiger charge is 2.20. The van der Waals surface area contributed by atoms with E-state index in [1.165, 1.54) is 92.2 Å². The fourth-order valence-electron chi connectivity index (χ4n) is 7.42. The molecule has 0 saturated heterocycles. The molecule has 2 heteroatoms. The lowest BCUT2D eigenvalue weighted by molar-refractivity contribution is 1.18. The van der Waals surface area contributed by atoms with E-state index in [4.69, 9.17) is 0 Å². The normalized spacial score (nSPS) is 12.3. The Balaban J connectivity index is 1.09. The van der Waals surface area contributed by atoms with E-state index in [-0.39, 0.29) is 0 Å². The first kappa shape index (κ1) is 25.7. The molecule has 0 amide bonds. The number of fused-ring (bicyclic) bond motifs is 7. The van der Waals surface area contributed by atoms with Gasteiger partial charge in [0, 0.05) is 31.6 Å². The van der Waals surface area contributed by atoms with Gasteiger partial charge in [-0.15, -0.1) is 0 Å². The van der Waals surface area contributed by atoms with Gasteiger partial charge in [0.1, 0.15) is 0 Å². The van der Waals surface area contributed by atoms with Crippen LogP contribution in [0.15, 0.2) is 174 Å². The van der Waals surface area contributed by atoms with Crippen LogP contribution in [0.5, 0.6) is 0 Å². The summed E-state index contributed by atoms with van der Waals surface area (Å²) in [5.74, 6) is 0. The lowest BCUT2D eigenvalue weighted by Crippen LogP contribution is -1.93. The molecule has 1 aliphatic rings. The molecule has 0 aliphatic carbocycles. The summed E-state index contributed by atoms with van der Waals surface area (Å²) in [6, 6.07) is 60.2. The van der Waals surface area contributed by atoms with Crippen molar-refractivity contribution in [3.05, 3.63) is 164 Å². The van der Waals surface area contributed by atoms with E-state index < -0.39 is 0 Å². The Bertz CT molecular complexity index is 2640. The Morgan fingerprint density at radius 3 is 1.91 bits per heavy atom. The molecule has 0 unspecified atom stereocenters. The van der Waals surface area contributed by atoms with E-state index in [0.29, 0.717) is 0 Å². The fourth-order valence-corrected chi connectivity index (χ4v) is 8.55. The topological polar surface area (TPSA) is 4.93 Å². The summed E-state index contributed by atoms with van der Waals surface area (Å²) in [6.45, 7) is 0. The molecule has 0 N–H and O–H groups in total. The van der Waals surface area contributed by atoms with Gasteiger partial charge in [-0.1, -0.05) is 133 Å². The summed E-state index contributed by atoms with van der Waals surface area (Å²) < 4.78 is 2.42. The number of rotatable bonds is 3. The Labute approximate surface area is 271 Å². The van der Waals surface area contributed by atoms with Crippen molar-refractivity contribution in [2.75, 3.05) is 0 Å². The van der Waals surface area contributed by atoms with Crippen LogP contribution in [-0.4, -0.2) is 4.57 Å². The molecule has 1 aliphatic heterocycles. The summed E-state index contributed by atoms with van der Waals surface area (Å²) in [4.78, 5) is 2.66. The Morgan fingerprint density at radius 2 is 1.07 bits per heavy atom. The lowest BCUT2D eigenvalue weighted by Gasteiger charge is -2.21. The largest absolute Gasteiger partial charge is 0.309 e. The van der Waals surface area contributed by atoms with Crippen molar-refractivity contribution >= 4 is 55.1 Å². The van der Waals surface area contributed by atoms with Crippen LogP contribution in [0.3, 0.4) is 0 Å². The maximum absolute atomic E-state index is 2.42. The van der Waals surface area contributed by atoms with Gasteiger partial charge in [-0.3, -0.25) is 0 Å². The number of hydrogen-bond acceptors (Lipinski definition) is 1. The zero-order chi connectivity index (χ0) is 30.2. The molecule has 0 saturated carbocycles. The third-order valence-electron chi connectivity index (χ3n) is 9.58. The van der Waals surface area contributed by atoms with Gasteiger partial charge in [0.05, 0.1) is 11.0 Å². The molecule has 0 spiro atoms. The van der Waals surface area contributed by atoms with Crippen molar-refractivity contribution < 1.29 is 0 Å². The monoisotopic (exact) mass is 601 g/mol. The minimum absolute atomic E-state index is 1.18. The number of hydrogen-bond donors (Lipinski definition) is 0. The van der Waals surface area contributed by atoms with Crippen LogP contribution in [0, 0.1) is 0 Å². The Hall–Kier alpha value is -5.57. The number of aromatic nitrogens is 1. The second-order valence-corrected chi connectivity index (χ2v) is 13.2. The Morgan fingerprint density at radius 1 is 0.370 bits per heavy atom. The second-order valence-electron chi connectivity index (χ2n) is 12.1. The van der Waals surface area contributed by atoms with Crippen molar-refractivity contribution in [3.8, 4) is 39.1 Å². The van der Waals surface area contributed by atoms with E-state index in [1.54, 1.807) is 0 Å². The molecule has 0 atom stereocenters. The number of nitrogens with zero attached hydrogens (tertiary/aromatic N) is 1. The van der Waals surface area contributed by atoms with Gasteiger partial charge in [-0.25, -0.2) is 0 Å². The van der Waals surface area contributed by atoms with Crippen LogP contribution >= 0.6 is 11.8 Å². The molecule has 8 aromatic carbocycles. The second kappa shape index (κ2) is 9.97. The first-order chi connectivity index (χ1) is 22.8. The highest BCUT2D eigenvalue weighted by molar-refractivity contribution is 7.99. The van der Waals surface area contributed by atoms with Crippen LogP contribution in [0.1, 0.15) is 0 Å². The van der Waals surface area contributed by atoms with E-state index in [2.05, 4.69) is 168 Å². The van der Waals surface area contributed by atoms with E-state index in [1.807, 2.05) is 11.8 Å². The minimum Gasteiger partial charge on any atom is -0.309 e. The highest BCUT2D eigenvalue weighted by atomic mass is 32.2. The third kappa shape index (κ3) is 3.84. The maximum atomic E-state index is 2.42. The molecule has 0 fully saturated rings. The SMILES string of the molecule is c1ccc(-n2c3cc(-c4ccc(-c5ccc6c(c5)-c5cccc7cccc(c57)S6)cc4)ccc3c3c4ccccc4ccc32)cc1. The van der Waals surface area contributed by atoms with Gasteiger partial charge < -0.3 is 4.57 Å². The molecule has 1 nitrogen and oxygen atoms in total. The summed E-state index contributed by atoms with van der Waals surface area (Å²) in [5, 5.41) is 7.82. The van der Waals surface area contributed by atoms with Crippen LogP contribution in [-0.2, 0) is 0 Å². The fraction of sp³-hybridized carbons (Fsp3) is 0. The first-order valence-corrected chi connectivity index (χ1v) is 16.6. The average Bonchev–Trinajstić information content (AvgIpc) is 3.46. The zero-order valence-corrected chi connectivity index (χ0v) is 25.8.